The third-order valence-electron chi connectivity index (χ3n) is 2.88. The van der Waals surface area contributed by atoms with Gasteiger partial charge in [0.15, 0.2) is 17.5 Å². The number of thiazole rings is 1. The molecule has 0 radical (unpaired) electrons. The minimum absolute atomic E-state index is 0.0136. The second-order valence-corrected chi connectivity index (χ2v) is 5.41. The molecule has 1 heterocycles. The van der Waals surface area contributed by atoms with Crippen LogP contribution in [0.2, 0.25) is 0 Å². The summed E-state index contributed by atoms with van der Waals surface area (Å²) in [6.07, 6.45) is 0. The van der Waals surface area contributed by atoms with Crippen LogP contribution in [0.4, 0.5) is 13.2 Å². The number of benzene rings is 1. The quantitative estimate of drug-likeness (QED) is 0.868. The monoisotopic (exact) mass is 286 g/mol. The first-order chi connectivity index (χ1) is 8.95. The highest BCUT2D eigenvalue weighted by Gasteiger charge is 2.22. The van der Waals surface area contributed by atoms with E-state index in [4.69, 9.17) is 0 Å². The number of halogens is 3. The fourth-order valence-corrected chi connectivity index (χ4v) is 2.77. The molecule has 2 nitrogen and oxygen atoms in total. The predicted molar refractivity (Wildman–Crippen MR) is 69.6 cm³/mol. The van der Waals surface area contributed by atoms with Crippen LogP contribution in [0.1, 0.15) is 22.9 Å². The lowest BCUT2D eigenvalue weighted by Crippen LogP contribution is -2.12. The Labute approximate surface area is 113 Å². The van der Waals surface area contributed by atoms with E-state index in [0.717, 1.165) is 16.0 Å². The summed E-state index contributed by atoms with van der Waals surface area (Å²) in [5, 5.41) is 3.78. The molecule has 1 aromatic carbocycles. The van der Waals surface area contributed by atoms with Crippen molar-refractivity contribution in [2.75, 3.05) is 7.05 Å². The van der Waals surface area contributed by atoms with Gasteiger partial charge in [0.2, 0.25) is 0 Å². The SMILES string of the molecule is CNC(C)c1sc(C)nc1-c1ccc(F)c(F)c1F. The molecule has 0 saturated heterocycles. The highest BCUT2D eigenvalue weighted by molar-refractivity contribution is 7.12. The lowest BCUT2D eigenvalue weighted by Gasteiger charge is -2.10. The fourth-order valence-electron chi connectivity index (χ4n) is 1.77. The van der Waals surface area contributed by atoms with Crippen LogP contribution < -0.4 is 5.32 Å². The molecule has 2 aromatic rings. The predicted octanol–water partition coefficient (Wildman–Crippen LogP) is 3.82. The van der Waals surface area contributed by atoms with Crippen LogP contribution in [0.15, 0.2) is 12.1 Å². The van der Waals surface area contributed by atoms with E-state index in [0.29, 0.717) is 5.69 Å². The van der Waals surface area contributed by atoms with Crippen molar-refractivity contribution in [1.82, 2.24) is 10.3 Å². The van der Waals surface area contributed by atoms with Crippen molar-refractivity contribution < 1.29 is 13.2 Å². The van der Waals surface area contributed by atoms with Gasteiger partial charge in [-0.25, -0.2) is 18.2 Å². The van der Waals surface area contributed by atoms with E-state index in [2.05, 4.69) is 10.3 Å². The van der Waals surface area contributed by atoms with E-state index >= 15 is 0 Å². The maximum Gasteiger partial charge on any atom is 0.195 e. The molecule has 1 N–H and O–H groups in total. The van der Waals surface area contributed by atoms with Crippen LogP contribution in [0.25, 0.3) is 11.3 Å². The smallest absolute Gasteiger partial charge is 0.195 e. The molecule has 0 bridgehead atoms. The summed E-state index contributed by atoms with van der Waals surface area (Å²) in [6, 6.07) is 2.08. The molecule has 1 unspecified atom stereocenters. The first-order valence-electron chi connectivity index (χ1n) is 5.74. The molecule has 0 aliphatic carbocycles. The summed E-state index contributed by atoms with van der Waals surface area (Å²) in [5.74, 6) is -3.86. The van der Waals surface area contributed by atoms with E-state index in [1.165, 1.54) is 17.4 Å². The second kappa shape index (κ2) is 5.30. The van der Waals surface area contributed by atoms with Crippen LogP contribution >= 0.6 is 11.3 Å². The molecule has 0 amide bonds. The Morgan fingerprint density at radius 2 is 1.89 bits per heavy atom. The molecule has 0 saturated carbocycles. The zero-order chi connectivity index (χ0) is 14.2. The van der Waals surface area contributed by atoms with Crippen molar-refractivity contribution in [2.24, 2.45) is 0 Å². The normalized spacial score (nSPS) is 12.7. The first-order valence-corrected chi connectivity index (χ1v) is 6.55. The number of nitrogens with zero attached hydrogens (tertiary/aromatic N) is 1. The van der Waals surface area contributed by atoms with Crippen molar-refractivity contribution in [3.05, 3.63) is 39.5 Å². The molecule has 0 fully saturated rings. The Kier molecular flexibility index (Phi) is 3.91. The van der Waals surface area contributed by atoms with Crippen molar-refractivity contribution in [1.29, 1.82) is 0 Å². The van der Waals surface area contributed by atoms with Crippen LogP contribution in [-0.4, -0.2) is 12.0 Å². The lowest BCUT2D eigenvalue weighted by atomic mass is 10.1. The zero-order valence-corrected chi connectivity index (χ0v) is 11.5. The van der Waals surface area contributed by atoms with Crippen LogP contribution in [0.3, 0.4) is 0 Å². The van der Waals surface area contributed by atoms with Crippen molar-refractivity contribution in [3.63, 3.8) is 0 Å². The standard InChI is InChI=1S/C13H13F3N2S/c1-6(17-3)13-12(18-7(2)19-13)8-4-5-9(14)11(16)10(8)15/h4-6,17H,1-3H3. The van der Waals surface area contributed by atoms with Crippen LogP contribution in [-0.2, 0) is 0 Å². The Balaban J connectivity index is 2.62. The van der Waals surface area contributed by atoms with Crippen LogP contribution in [0.5, 0.6) is 0 Å². The molecule has 6 heteroatoms. The van der Waals surface area contributed by atoms with E-state index in [9.17, 15) is 13.2 Å². The Bertz CT molecular complexity index is 610. The van der Waals surface area contributed by atoms with Gasteiger partial charge in [-0.2, -0.15) is 0 Å². The van der Waals surface area contributed by atoms with E-state index in [-0.39, 0.29) is 11.6 Å². The van der Waals surface area contributed by atoms with Gasteiger partial charge in [0.05, 0.1) is 10.7 Å². The van der Waals surface area contributed by atoms with Gasteiger partial charge in [-0.1, -0.05) is 0 Å². The summed E-state index contributed by atoms with van der Waals surface area (Å²) in [5.41, 5.74) is 0.348. The number of aromatic nitrogens is 1. The molecule has 0 aliphatic rings. The highest BCUT2D eigenvalue weighted by Crippen LogP contribution is 2.34. The largest absolute Gasteiger partial charge is 0.312 e. The minimum Gasteiger partial charge on any atom is -0.312 e. The maximum atomic E-state index is 13.8. The van der Waals surface area contributed by atoms with Crippen molar-refractivity contribution in [3.8, 4) is 11.3 Å². The molecule has 0 aliphatic heterocycles. The van der Waals surface area contributed by atoms with Gasteiger partial charge >= 0.3 is 0 Å². The number of hydrogen-bond acceptors (Lipinski definition) is 3. The van der Waals surface area contributed by atoms with Crippen molar-refractivity contribution >= 4 is 11.3 Å². The van der Waals surface area contributed by atoms with Gasteiger partial charge in [0.1, 0.15) is 0 Å². The van der Waals surface area contributed by atoms with Crippen LogP contribution in [0, 0.1) is 24.4 Å². The number of aryl methyl sites for hydroxylation is 1. The molecule has 19 heavy (non-hydrogen) atoms. The van der Waals surface area contributed by atoms with Crippen molar-refractivity contribution in [2.45, 2.75) is 19.9 Å². The van der Waals surface area contributed by atoms with Gasteiger partial charge in [-0.3, -0.25) is 0 Å². The molecular weight excluding hydrogens is 273 g/mol. The minimum atomic E-state index is -1.47. The second-order valence-electron chi connectivity index (χ2n) is 4.18. The third kappa shape index (κ3) is 2.50. The topological polar surface area (TPSA) is 24.9 Å². The number of nitrogens with one attached hydrogen (secondary N) is 1. The van der Waals surface area contributed by atoms with Gasteiger partial charge < -0.3 is 5.32 Å². The summed E-state index contributed by atoms with van der Waals surface area (Å²) < 4.78 is 40.1. The number of hydrogen-bond donors (Lipinski definition) is 1. The fraction of sp³-hybridized carbons (Fsp3) is 0.308. The third-order valence-corrected chi connectivity index (χ3v) is 4.03. The Morgan fingerprint density at radius 3 is 2.53 bits per heavy atom. The summed E-state index contributed by atoms with van der Waals surface area (Å²) in [6.45, 7) is 3.69. The molecule has 102 valence electrons. The summed E-state index contributed by atoms with van der Waals surface area (Å²) >= 11 is 1.40. The highest BCUT2D eigenvalue weighted by atomic mass is 32.1. The molecule has 1 atom stereocenters. The zero-order valence-electron chi connectivity index (χ0n) is 10.7. The maximum absolute atomic E-state index is 13.8. The first kappa shape index (κ1) is 14.0. The molecular formula is C13H13F3N2S. The Morgan fingerprint density at radius 1 is 1.21 bits per heavy atom. The van der Waals surface area contributed by atoms with E-state index < -0.39 is 17.5 Å². The summed E-state index contributed by atoms with van der Waals surface area (Å²) in [4.78, 5) is 5.03. The van der Waals surface area contributed by atoms with Gasteiger partial charge in [-0.15, -0.1) is 11.3 Å². The average Bonchev–Trinajstić information content (AvgIpc) is 2.77. The van der Waals surface area contributed by atoms with Gasteiger partial charge in [0.25, 0.3) is 0 Å². The molecule has 1 aromatic heterocycles. The van der Waals surface area contributed by atoms with E-state index in [1.807, 2.05) is 6.92 Å². The van der Waals surface area contributed by atoms with Gasteiger partial charge in [-0.05, 0) is 33.0 Å². The lowest BCUT2D eigenvalue weighted by molar-refractivity contribution is 0.448. The molecule has 2 rings (SSSR count). The average molecular weight is 286 g/mol. The van der Waals surface area contributed by atoms with E-state index in [1.54, 1.807) is 14.0 Å². The number of rotatable bonds is 3. The molecule has 0 spiro atoms. The van der Waals surface area contributed by atoms with Gasteiger partial charge in [0, 0.05) is 16.5 Å². The Hall–Kier alpha value is -1.40. The summed E-state index contributed by atoms with van der Waals surface area (Å²) in [7, 11) is 1.77.